The zero-order valence-corrected chi connectivity index (χ0v) is 7.47. The van der Waals surface area contributed by atoms with Gasteiger partial charge in [-0.1, -0.05) is 18.2 Å². The zero-order valence-electron chi connectivity index (χ0n) is 7.47. The Morgan fingerprint density at radius 2 is 2.14 bits per heavy atom. The molecule has 1 aliphatic rings. The Bertz CT molecular complexity index is 375. The highest BCUT2D eigenvalue weighted by Gasteiger charge is 2.22. The molecule has 0 amide bonds. The molecule has 0 aromatic heterocycles. The van der Waals surface area contributed by atoms with Crippen LogP contribution in [0.4, 0.5) is 5.69 Å². The third kappa shape index (κ3) is 1.46. The van der Waals surface area contributed by atoms with Crippen molar-refractivity contribution in [1.29, 1.82) is 0 Å². The van der Waals surface area contributed by atoms with E-state index in [-0.39, 0.29) is 12.3 Å². The fraction of sp³-hybridized carbons (Fsp3) is 0.200. The number of nitrogens with zero attached hydrogens (tertiary/aromatic N) is 1. The molecule has 72 valence electrons. The highest BCUT2D eigenvalue weighted by atomic mass is 16.7. The summed E-state index contributed by atoms with van der Waals surface area (Å²) in [6.45, 7) is 0.463. The molecule has 0 bridgehead atoms. The molecular weight excluding hydrogens is 182 g/mol. The van der Waals surface area contributed by atoms with E-state index < -0.39 is 0 Å². The number of carbonyl (C=O) groups excluding carboxylic acids is 2. The van der Waals surface area contributed by atoms with Gasteiger partial charge in [0, 0.05) is 6.42 Å². The number of ketones is 1. The maximum absolute atomic E-state index is 11.3. The predicted molar refractivity (Wildman–Crippen MR) is 49.6 cm³/mol. The lowest BCUT2D eigenvalue weighted by molar-refractivity contribution is -0.131. The number of hydrogen-bond acceptors (Lipinski definition) is 4. The maximum Gasteiger partial charge on any atom is 0.320 e. The van der Waals surface area contributed by atoms with Gasteiger partial charge in [0.05, 0.1) is 5.69 Å². The van der Waals surface area contributed by atoms with Crippen molar-refractivity contribution in [2.24, 2.45) is 0 Å². The molecule has 0 atom stereocenters. The van der Waals surface area contributed by atoms with E-state index in [1.807, 2.05) is 24.3 Å². The van der Waals surface area contributed by atoms with Gasteiger partial charge in [0.1, 0.15) is 6.54 Å². The van der Waals surface area contributed by atoms with Crippen molar-refractivity contribution >= 4 is 17.9 Å². The van der Waals surface area contributed by atoms with Crippen LogP contribution in [0.3, 0.4) is 0 Å². The van der Waals surface area contributed by atoms with Crippen molar-refractivity contribution < 1.29 is 14.4 Å². The first-order valence-corrected chi connectivity index (χ1v) is 4.29. The molecule has 1 heterocycles. The molecule has 0 N–H and O–H groups in total. The monoisotopic (exact) mass is 191 g/mol. The van der Waals surface area contributed by atoms with E-state index in [2.05, 4.69) is 0 Å². The van der Waals surface area contributed by atoms with Gasteiger partial charge in [-0.2, -0.15) is 5.06 Å². The fourth-order valence-electron chi connectivity index (χ4n) is 1.56. The van der Waals surface area contributed by atoms with Crippen LogP contribution in [0, 0.1) is 0 Å². The molecule has 0 aliphatic carbocycles. The summed E-state index contributed by atoms with van der Waals surface area (Å²) in [4.78, 5) is 26.2. The first kappa shape index (κ1) is 8.74. The van der Waals surface area contributed by atoms with E-state index >= 15 is 0 Å². The number of Topliss-reactive ketones (excluding diaryl/α,β-unsaturated/α-hetero) is 1. The molecule has 4 heteroatoms. The van der Waals surface area contributed by atoms with Gasteiger partial charge in [-0.3, -0.25) is 9.59 Å². The Kier molecular flexibility index (Phi) is 2.18. The number of anilines is 1. The van der Waals surface area contributed by atoms with Gasteiger partial charge in [0.25, 0.3) is 0 Å². The van der Waals surface area contributed by atoms with E-state index in [0.29, 0.717) is 12.9 Å². The number of hydroxylamine groups is 1. The predicted octanol–water partition coefficient (Wildman–Crippen LogP) is 0.706. The largest absolute Gasteiger partial charge is 0.344 e. The van der Waals surface area contributed by atoms with Crippen molar-refractivity contribution in [3.8, 4) is 0 Å². The van der Waals surface area contributed by atoms with E-state index in [1.54, 1.807) is 0 Å². The van der Waals surface area contributed by atoms with E-state index in [4.69, 9.17) is 4.84 Å². The first-order valence-electron chi connectivity index (χ1n) is 4.29. The van der Waals surface area contributed by atoms with Gasteiger partial charge >= 0.3 is 6.47 Å². The maximum atomic E-state index is 11.3. The SMILES string of the molecule is O=CON1CC(=O)Cc2ccccc21. The standard InChI is InChI=1S/C10H9NO3/c12-7-14-11-6-9(13)5-8-3-1-2-4-10(8)11/h1-4,7H,5-6H2. The van der Waals surface area contributed by atoms with Crippen molar-refractivity contribution in [3.05, 3.63) is 29.8 Å². The fourth-order valence-corrected chi connectivity index (χ4v) is 1.56. The molecule has 0 saturated heterocycles. The summed E-state index contributed by atoms with van der Waals surface area (Å²) in [6, 6.07) is 7.38. The zero-order chi connectivity index (χ0) is 9.97. The van der Waals surface area contributed by atoms with Gasteiger partial charge in [0.2, 0.25) is 0 Å². The number of benzene rings is 1. The van der Waals surface area contributed by atoms with Crippen molar-refractivity contribution in [1.82, 2.24) is 0 Å². The van der Waals surface area contributed by atoms with Gasteiger partial charge in [-0.25, -0.2) is 0 Å². The molecule has 0 unspecified atom stereocenters. The summed E-state index contributed by atoms with van der Waals surface area (Å²) in [5.74, 6) is 0.0468. The van der Waals surface area contributed by atoms with Crippen molar-refractivity contribution in [2.45, 2.75) is 6.42 Å². The number of fused-ring (bicyclic) bond motifs is 1. The molecule has 14 heavy (non-hydrogen) atoms. The Labute approximate surface area is 81.0 Å². The Morgan fingerprint density at radius 3 is 2.93 bits per heavy atom. The van der Waals surface area contributed by atoms with Crippen LogP contribution in [0.25, 0.3) is 0 Å². The lowest BCUT2D eigenvalue weighted by Gasteiger charge is -2.26. The van der Waals surface area contributed by atoms with Crippen LogP contribution in [0.5, 0.6) is 0 Å². The second-order valence-corrected chi connectivity index (χ2v) is 3.08. The van der Waals surface area contributed by atoms with Crippen LogP contribution in [-0.4, -0.2) is 18.8 Å². The Hall–Kier alpha value is -1.84. The quantitative estimate of drug-likeness (QED) is 0.646. The molecule has 2 rings (SSSR count). The molecule has 0 spiro atoms. The van der Waals surface area contributed by atoms with Crippen molar-refractivity contribution in [2.75, 3.05) is 11.6 Å². The molecule has 1 aliphatic heterocycles. The van der Waals surface area contributed by atoms with Crippen molar-refractivity contribution in [3.63, 3.8) is 0 Å². The van der Waals surface area contributed by atoms with Gasteiger partial charge in [-0.15, -0.1) is 0 Å². The van der Waals surface area contributed by atoms with E-state index in [1.165, 1.54) is 5.06 Å². The minimum Gasteiger partial charge on any atom is -0.344 e. The summed E-state index contributed by atoms with van der Waals surface area (Å²) in [5, 5.41) is 1.31. The second-order valence-electron chi connectivity index (χ2n) is 3.08. The lowest BCUT2D eigenvalue weighted by Crippen LogP contribution is -2.35. The average Bonchev–Trinajstić information content (AvgIpc) is 2.18. The minimum absolute atomic E-state index is 0.0468. The Balaban J connectivity index is 2.37. The average molecular weight is 191 g/mol. The van der Waals surface area contributed by atoms with Gasteiger partial charge < -0.3 is 4.84 Å². The third-order valence-electron chi connectivity index (χ3n) is 2.14. The van der Waals surface area contributed by atoms with Crippen LogP contribution < -0.4 is 5.06 Å². The molecular formula is C10H9NO3. The first-order chi connectivity index (χ1) is 6.81. The van der Waals surface area contributed by atoms with Crippen LogP contribution in [0.15, 0.2) is 24.3 Å². The summed E-state index contributed by atoms with van der Waals surface area (Å²) in [5.41, 5.74) is 1.69. The molecule has 0 radical (unpaired) electrons. The highest BCUT2D eigenvalue weighted by Crippen LogP contribution is 2.24. The number of hydrogen-bond donors (Lipinski definition) is 0. The summed E-state index contributed by atoms with van der Waals surface area (Å²) >= 11 is 0. The van der Waals surface area contributed by atoms with Crippen LogP contribution in [-0.2, 0) is 20.8 Å². The molecule has 0 saturated carbocycles. The molecule has 0 fully saturated rings. The highest BCUT2D eigenvalue weighted by molar-refractivity contribution is 5.89. The van der Waals surface area contributed by atoms with Crippen LogP contribution >= 0.6 is 0 Å². The summed E-state index contributed by atoms with van der Waals surface area (Å²) in [7, 11) is 0. The van der Waals surface area contributed by atoms with Gasteiger partial charge in [0.15, 0.2) is 5.78 Å². The number of para-hydroxylation sites is 1. The third-order valence-corrected chi connectivity index (χ3v) is 2.14. The number of rotatable bonds is 2. The molecule has 1 aromatic carbocycles. The topological polar surface area (TPSA) is 46.6 Å². The van der Waals surface area contributed by atoms with Crippen LogP contribution in [0.1, 0.15) is 5.56 Å². The Morgan fingerprint density at radius 1 is 1.36 bits per heavy atom. The van der Waals surface area contributed by atoms with Crippen LogP contribution in [0.2, 0.25) is 0 Å². The summed E-state index contributed by atoms with van der Waals surface area (Å²) < 4.78 is 0. The van der Waals surface area contributed by atoms with E-state index in [0.717, 1.165) is 11.3 Å². The summed E-state index contributed by atoms with van der Waals surface area (Å²) in [6.07, 6.45) is 0.412. The second kappa shape index (κ2) is 3.49. The van der Waals surface area contributed by atoms with Gasteiger partial charge in [-0.05, 0) is 11.6 Å². The molecule has 1 aromatic rings. The molecule has 4 nitrogen and oxygen atoms in total. The smallest absolute Gasteiger partial charge is 0.320 e. The lowest BCUT2D eigenvalue weighted by atomic mass is 10.0. The van der Waals surface area contributed by atoms with E-state index in [9.17, 15) is 9.59 Å². The normalized spacial score (nSPS) is 14.9. The minimum atomic E-state index is 0.0468. The number of carbonyl (C=O) groups is 2.